The number of furan rings is 1. The van der Waals surface area contributed by atoms with E-state index in [2.05, 4.69) is 15.3 Å². The van der Waals surface area contributed by atoms with E-state index < -0.39 is 0 Å². The molecule has 8 heteroatoms. The predicted octanol–water partition coefficient (Wildman–Crippen LogP) is 3.01. The monoisotopic (exact) mass is 386 g/mol. The van der Waals surface area contributed by atoms with Crippen molar-refractivity contribution in [2.45, 2.75) is 38.5 Å². The number of amides is 1. The number of carbonyl (C=O) groups is 1. The molecule has 1 unspecified atom stereocenters. The van der Waals surface area contributed by atoms with Crippen LogP contribution in [-0.2, 0) is 11.3 Å². The van der Waals surface area contributed by atoms with E-state index in [1.807, 2.05) is 26.8 Å². The Kier molecular flexibility index (Phi) is 5.95. The van der Waals surface area contributed by atoms with Gasteiger partial charge in [-0.1, -0.05) is 25.6 Å². The molecule has 1 atom stereocenters. The Bertz CT molecular complexity index is 982. The standard InChI is InChI=1S/C19H22N4O3S/c1-12(2)10-23-18(25)14-6-4-8-20-17(14)22-19(23)27-11-16(24)21-13(3)15-7-5-9-26-15/h4-9,12-13H,10-11H2,1-3H3,(H,21,24). The van der Waals surface area contributed by atoms with E-state index in [1.165, 1.54) is 11.8 Å². The second-order valence-corrected chi connectivity index (χ2v) is 7.61. The molecule has 0 radical (unpaired) electrons. The Labute approximate surface area is 161 Å². The number of nitrogens with zero attached hydrogens (tertiary/aromatic N) is 3. The second-order valence-electron chi connectivity index (χ2n) is 6.67. The van der Waals surface area contributed by atoms with Gasteiger partial charge in [0.05, 0.1) is 23.4 Å². The Hall–Kier alpha value is -2.61. The molecule has 0 aromatic carbocycles. The quantitative estimate of drug-likeness (QED) is 0.496. The zero-order valence-corrected chi connectivity index (χ0v) is 16.3. The third-order valence-corrected chi connectivity index (χ3v) is 4.90. The zero-order valence-electron chi connectivity index (χ0n) is 15.5. The fourth-order valence-electron chi connectivity index (χ4n) is 2.69. The number of aromatic nitrogens is 3. The number of hydrogen-bond donors (Lipinski definition) is 1. The summed E-state index contributed by atoms with van der Waals surface area (Å²) >= 11 is 1.23. The van der Waals surface area contributed by atoms with E-state index in [1.54, 1.807) is 35.2 Å². The van der Waals surface area contributed by atoms with Gasteiger partial charge in [-0.2, -0.15) is 0 Å². The summed E-state index contributed by atoms with van der Waals surface area (Å²) in [7, 11) is 0. The molecule has 0 saturated carbocycles. The van der Waals surface area contributed by atoms with Gasteiger partial charge in [0.1, 0.15) is 5.76 Å². The second kappa shape index (κ2) is 8.39. The summed E-state index contributed by atoms with van der Waals surface area (Å²) < 4.78 is 6.93. The highest BCUT2D eigenvalue weighted by molar-refractivity contribution is 7.99. The maximum absolute atomic E-state index is 12.8. The van der Waals surface area contributed by atoms with Crippen LogP contribution in [0.25, 0.3) is 11.0 Å². The van der Waals surface area contributed by atoms with Crippen LogP contribution >= 0.6 is 11.8 Å². The average molecular weight is 386 g/mol. The smallest absolute Gasteiger partial charge is 0.263 e. The van der Waals surface area contributed by atoms with Crippen LogP contribution in [0.2, 0.25) is 0 Å². The van der Waals surface area contributed by atoms with E-state index >= 15 is 0 Å². The third-order valence-electron chi connectivity index (χ3n) is 3.92. The zero-order chi connectivity index (χ0) is 19.4. The van der Waals surface area contributed by atoms with Crippen molar-refractivity contribution in [3.63, 3.8) is 0 Å². The fraction of sp³-hybridized carbons (Fsp3) is 0.368. The van der Waals surface area contributed by atoms with E-state index in [0.717, 1.165) is 0 Å². The van der Waals surface area contributed by atoms with Crippen molar-refractivity contribution in [2.75, 3.05) is 5.75 Å². The molecule has 1 N–H and O–H groups in total. The van der Waals surface area contributed by atoms with Gasteiger partial charge in [0.15, 0.2) is 10.8 Å². The van der Waals surface area contributed by atoms with Gasteiger partial charge in [-0.25, -0.2) is 9.97 Å². The van der Waals surface area contributed by atoms with Gasteiger partial charge in [-0.05, 0) is 37.1 Å². The molecule has 0 aliphatic carbocycles. The van der Waals surface area contributed by atoms with Crippen molar-refractivity contribution in [3.8, 4) is 0 Å². The van der Waals surface area contributed by atoms with Crippen LogP contribution in [0, 0.1) is 5.92 Å². The average Bonchev–Trinajstić information content (AvgIpc) is 3.17. The van der Waals surface area contributed by atoms with Gasteiger partial charge in [-0.15, -0.1) is 0 Å². The molecule has 3 aromatic heterocycles. The Balaban J connectivity index is 1.79. The number of hydrogen-bond acceptors (Lipinski definition) is 6. The highest BCUT2D eigenvalue weighted by Crippen LogP contribution is 2.19. The lowest BCUT2D eigenvalue weighted by atomic mass is 10.2. The van der Waals surface area contributed by atoms with Crippen LogP contribution in [0.1, 0.15) is 32.6 Å². The molecular weight excluding hydrogens is 364 g/mol. The van der Waals surface area contributed by atoms with Crippen LogP contribution in [0.15, 0.2) is 51.1 Å². The predicted molar refractivity (Wildman–Crippen MR) is 105 cm³/mol. The van der Waals surface area contributed by atoms with Crippen molar-refractivity contribution >= 4 is 28.7 Å². The number of carbonyl (C=O) groups excluding carboxylic acids is 1. The first-order chi connectivity index (χ1) is 13.0. The van der Waals surface area contributed by atoms with Crippen molar-refractivity contribution in [1.29, 1.82) is 0 Å². The van der Waals surface area contributed by atoms with E-state index in [0.29, 0.717) is 28.5 Å². The Morgan fingerprint density at radius 3 is 2.81 bits per heavy atom. The summed E-state index contributed by atoms with van der Waals surface area (Å²) in [4.78, 5) is 33.8. The molecule has 0 spiro atoms. The van der Waals surface area contributed by atoms with E-state index in [-0.39, 0.29) is 29.2 Å². The summed E-state index contributed by atoms with van der Waals surface area (Å²) in [6, 6.07) is 6.82. The van der Waals surface area contributed by atoms with Crippen molar-refractivity contribution < 1.29 is 9.21 Å². The van der Waals surface area contributed by atoms with Crippen LogP contribution in [-0.4, -0.2) is 26.2 Å². The van der Waals surface area contributed by atoms with Crippen LogP contribution in [0.5, 0.6) is 0 Å². The summed E-state index contributed by atoms with van der Waals surface area (Å²) in [5.41, 5.74) is 0.267. The number of nitrogens with one attached hydrogen (secondary N) is 1. The Morgan fingerprint density at radius 1 is 1.30 bits per heavy atom. The van der Waals surface area contributed by atoms with Crippen molar-refractivity contribution in [1.82, 2.24) is 19.9 Å². The molecule has 0 aliphatic heterocycles. The minimum absolute atomic E-state index is 0.131. The molecule has 0 fully saturated rings. The fourth-order valence-corrected chi connectivity index (χ4v) is 3.50. The number of thioether (sulfide) groups is 1. The number of pyridine rings is 1. The van der Waals surface area contributed by atoms with Gasteiger partial charge < -0.3 is 9.73 Å². The van der Waals surface area contributed by atoms with E-state index in [4.69, 9.17) is 4.42 Å². The van der Waals surface area contributed by atoms with Crippen molar-refractivity contribution in [2.24, 2.45) is 5.92 Å². The molecule has 0 bridgehead atoms. The van der Waals surface area contributed by atoms with Crippen molar-refractivity contribution in [3.05, 3.63) is 52.8 Å². The topological polar surface area (TPSA) is 90.0 Å². The van der Waals surface area contributed by atoms with Gasteiger partial charge in [0, 0.05) is 12.7 Å². The molecule has 0 aliphatic rings. The molecule has 3 aromatic rings. The minimum Gasteiger partial charge on any atom is -0.467 e. The maximum Gasteiger partial charge on any atom is 0.263 e. The molecule has 1 amide bonds. The highest BCUT2D eigenvalue weighted by Gasteiger charge is 2.16. The van der Waals surface area contributed by atoms with Crippen LogP contribution in [0.4, 0.5) is 0 Å². The molecule has 0 saturated heterocycles. The minimum atomic E-state index is -0.225. The molecule has 27 heavy (non-hydrogen) atoms. The summed E-state index contributed by atoms with van der Waals surface area (Å²) in [5, 5.41) is 3.87. The number of fused-ring (bicyclic) bond motifs is 1. The lowest BCUT2D eigenvalue weighted by Gasteiger charge is -2.15. The first-order valence-corrected chi connectivity index (χ1v) is 9.75. The highest BCUT2D eigenvalue weighted by atomic mass is 32.2. The first-order valence-electron chi connectivity index (χ1n) is 8.77. The maximum atomic E-state index is 12.8. The third kappa shape index (κ3) is 4.57. The molecular formula is C19H22N4O3S. The SMILES string of the molecule is CC(C)Cn1c(SCC(=O)NC(C)c2ccco2)nc2ncccc2c1=O. The summed E-state index contributed by atoms with van der Waals surface area (Å²) in [5.74, 6) is 0.952. The molecule has 7 nitrogen and oxygen atoms in total. The molecule has 3 rings (SSSR count). The van der Waals surface area contributed by atoms with Gasteiger partial charge >= 0.3 is 0 Å². The van der Waals surface area contributed by atoms with Gasteiger partial charge in [0.25, 0.3) is 5.56 Å². The lowest BCUT2D eigenvalue weighted by molar-refractivity contribution is -0.119. The number of rotatable bonds is 7. The van der Waals surface area contributed by atoms with Crippen LogP contribution in [0.3, 0.4) is 0 Å². The van der Waals surface area contributed by atoms with Gasteiger partial charge in [-0.3, -0.25) is 14.2 Å². The first kappa shape index (κ1) is 19.2. The molecule has 142 valence electrons. The summed E-state index contributed by atoms with van der Waals surface area (Å²) in [6.45, 7) is 6.45. The van der Waals surface area contributed by atoms with E-state index in [9.17, 15) is 9.59 Å². The normalized spacial score (nSPS) is 12.4. The molecule has 3 heterocycles. The largest absolute Gasteiger partial charge is 0.467 e. The Morgan fingerprint density at radius 2 is 2.11 bits per heavy atom. The van der Waals surface area contributed by atoms with Gasteiger partial charge in [0.2, 0.25) is 5.91 Å². The summed E-state index contributed by atoms with van der Waals surface area (Å²) in [6.07, 6.45) is 3.18. The van der Waals surface area contributed by atoms with Crippen LogP contribution < -0.4 is 10.9 Å². The lowest BCUT2D eigenvalue weighted by Crippen LogP contribution is -2.29.